The van der Waals surface area contributed by atoms with Gasteiger partial charge in [-0.25, -0.2) is 0 Å². The average Bonchev–Trinajstić information content (AvgIpc) is 2.85. The molecule has 3 rings (SSSR count). The summed E-state index contributed by atoms with van der Waals surface area (Å²) in [5.41, 5.74) is 3.96. The van der Waals surface area contributed by atoms with E-state index >= 15 is 0 Å². The zero-order chi connectivity index (χ0) is 24.3. The van der Waals surface area contributed by atoms with Crippen molar-refractivity contribution in [2.45, 2.75) is 46.5 Å². The van der Waals surface area contributed by atoms with E-state index in [1.54, 1.807) is 0 Å². The minimum atomic E-state index is 0.673. The Hall–Kier alpha value is -2.80. The molecule has 0 spiro atoms. The number of anilines is 2. The van der Waals surface area contributed by atoms with Crippen molar-refractivity contribution in [2.75, 3.05) is 56.5 Å². The van der Waals surface area contributed by atoms with Crippen LogP contribution < -0.4 is 23.9 Å². The number of ether oxygens (including phenoxy) is 3. The van der Waals surface area contributed by atoms with Gasteiger partial charge in [0, 0.05) is 44.4 Å². The Labute approximate surface area is 204 Å². The summed E-state index contributed by atoms with van der Waals surface area (Å²) < 4.78 is 20.2. The Morgan fingerprint density at radius 1 is 1.06 bits per heavy atom. The highest BCUT2D eigenvalue weighted by Gasteiger charge is 2.22. The van der Waals surface area contributed by atoms with E-state index in [1.165, 1.54) is 0 Å². The lowest BCUT2D eigenvalue weighted by molar-refractivity contribution is -0.672. The number of hydrogen-bond acceptors (Lipinski definition) is 6. The molecule has 7 nitrogen and oxygen atoms in total. The summed E-state index contributed by atoms with van der Waals surface area (Å²) >= 11 is 0. The van der Waals surface area contributed by atoms with Gasteiger partial charge in [0.15, 0.2) is 6.20 Å². The number of rotatable bonds is 12. The molecule has 1 fully saturated rings. The average molecular weight is 470 g/mol. The second kappa shape index (κ2) is 13.2. The molecule has 0 unspecified atom stereocenters. The topological polar surface area (TPSA) is 50.4 Å². The first-order valence-corrected chi connectivity index (χ1v) is 12.6. The molecule has 2 aromatic rings. The number of nitrogens with zero attached hydrogens (tertiary/aromatic N) is 4. The zero-order valence-corrected chi connectivity index (χ0v) is 21.5. The van der Waals surface area contributed by atoms with Gasteiger partial charge in [-0.15, -0.1) is 0 Å². The Kier molecular flexibility index (Phi) is 10.0. The van der Waals surface area contributed by atoms with Crippen molar-refractivity contribution in [3.8, 4) is 11.5 Å². The minimum absolute atomic E-state index is 0.673. The van der Waals surface area contributed by atoms with Gasteiger partial charge in [-0.05, 0) is 25.8 Å². The number of aromatic nitrogens is 1. The van der Waals surface area contributed by atoms with E-state index in [-0.39, 0.29) is 0 Å². The SMILES string of the molecule is CCCCOc1cc(N(C)/N=C(\C)c2cccc[n+]2C)c(OCCCC)cc1N1CCOCC1. The first-order valence-electron chi connectivity index (χ1n) is 12.6. The molecule has 1 aliphatic heterocycles. The van der Waals surface area contributed by atoms with Crippen LogP contribution in [0.1, 0.15) is 52.1 Å². The maximum Gasteiger partial charge on any atom is 0.228 e. The summed E-state index contributed by atoms with van der Waals surface area (Å²) in [4.78, 5) is 2.33. The van der Waals surface area contributed by atoms with Crippen LogP contribution in [0, 0.1) is 0 Å². The summed E-state index contributed by atoms with van der Waals surface area (Å²) in [7, 11) is 4.00. The van der Waals surface area contributed by atoms with Crippen molar-refractivity contribution in [1.29, 1.82) is 0 Å². The molecule has 1 aromatic carbocycles. The minimum Gasteiger partial charge on any atom is -0.491 e. The Bertz CT molecular complexity index is 941. The van der Waals surface area contributed by atoms with Crippen molar-refractivity contribution in [3.05, 3.63) is 42.2 Å². The molecule has 34 heavy (non-hydrogen) atoms. The molecule has 1 aromatic heterocycles. The number of unbranched alkanes of at least 4 members (excludes halogenated alkanes) is 2. The van der Waals surface area contributed by atoms with E-state index in [4.69, 9.17) is 19.3 Å². The molecule has 0 saturated carbocycles. The van der Waals surface area contributed by atoms with E-state index in [0.29, 0.717) is 13.2 Å². The van der Waals surface area contributed by atoms with Crippen molar-refractivity contribution in [1.82, 2.24) is 0 Å². The molecule has 186 valence electrons. The summed E-state index contributed by atoms with van der Waals surface area (Å²) in [6.45, 7) is 10.9. The van der Waals surface area contributed by atoms with Crippen LogP contribution in [-0.2, 0) is 11.8 Å². The van der Waals surface area contributed by atoms with Crippen LogP contribution in [-0.4, -0.2) is 52.3 Å². The molecule has 0 bridgehead atoms. The van der Waals surface area contributed by atoms with Crippen LogP contribution in [0.5, 0.6) is 11.5 Å². The zero-order valence-electron chi connectivity index (χ0n) is 21.5. The van der Waals surface area contributed by atoms with Gasteiger partial charge in [-0.2, -0.15) is 9.67 Å². The predicted octanol–water partition coefficient (Wildman–Crippen LogP) is 4.57. The molecule has 1 aliphatic rings. The highest BCUT2D eigenvalue weighted by molar-refractivity contribution is 5.96. The van der Waals surface area contributed by atoms with Crippen LogP contribution in [0.15, 0.2) is 41.6 Å². The summed E-state index contributed by atoms with van der Waals surface area (Å²) in [6.07, 6.45) is 6.23. The van der Waals surface area contributed by atoms with Gasteiger partial charge in [0.05, 0.1) is 32.1 Å². The van der Waals surface area contributed by atoms with Gasteiger partial charge >= 0.3 is 0 Å². The first kappa shape index (κ1) is 25.8. The quantitative estimate of drug-likeness (QED) is 0.197. The molecule has 0 atom stereocenters. The Balaban J connectivity index is 2.00. The number of pyridine rings is 1. The van der Waals surface area contributed by atoms with E-state index in [1.807, 2.05) is 44.4 Å². The van der Waals surface area contributed by atoms with Gasteiger partial charge in [0.25, 0.3) is 0 Å². The Morgan fingerprint density at radius 2 is 1.74 bits per heavy atom. The second-order valence-corrected chi connectivity index (χ2v) is 8.70. The molecule has 7 heteroatoms. The number of aryl methyl sites for hydroxylation is 1. The van der Waals surface area contributed by atoms with Crippen molar-refractivity contribution in [2.24, 2.45) is 12.1 Å². The van der Waals surface area contributed by atoms with Gasteiger partial charge in [0.1, 0.15) is 29.9 Å². The van der Waals surface area contributed by atoms with Crippen LogP contribution in [0.3, 0.4) is 0 Å². The molecule has 0 N–H and O–H groups in total. The third-order valence-electron chi connectivity index (χ3n) is 5.98. The van der Waals surface area contributed by atoms with E-state index < -0.39 is 0 Å². The number of benzene rings is 1. The normalized spacial score (nSPS) is 14.3. The van der Waals surface area contributed by atoms with E-state index in [0.717, 1.165) is 86.3 Å². The lowest BCUT2D eigenvalue weighted by atomic mass is 10.2. The molecule has 0 amide bonds. The smallest absolute Gasteiger partial charge is 0.228 e. The van der Waals surface area contributed by atoms with Gasteiger partial charge < -0.3 is 19.1 Å². The maximum absolute atomic E-state index is 6.29. The fourth-order valence-electron chi connectivity index (χ4n) is 3.96. The molecule has 2 heterocycles. The van der Waals surface area contributed by atoms with E-state index in [2.05, 4.69) is 41.5 Å². The van der Waals surface area contributed by atoms with Crippen molar-refractivity contribution < 1.29 is 18.8 Å². The third-order valence-corrected chi connectivity index (χ3v) is 5.98. The third kappa shape index (κ3) is 6.86. The van der Waals surface area contributed by atoms with Gasteiger partial charge in [0.2, 0.25) is 5.69 Å². The standard InChI is InChI=1S/C27H41N4O3/c1-6-8-16-33-26-21-25(31-14-18-32-19-15-31)27(34-17-9-7-2)20-24(26)30(5)28-22(3)23-12-10-11-13-29(23)4/h10-13,20-21H,6-9,14-19H2,1-5H3/q+1. The first-order chi connectivity index (χ1) is 16.5. The molecular formula is C27H41N4O3+. The molecule has 0 aliphatic carbocycles. The van der Waals surface area contributed by atoms with Crippen LogP contribution >= 0.6 is 0 Å². The van der Waals surface area contributed by atoms with Crippen LogP contribution in [0.25, 0.3) is 0 Å². The summed E-state index contributed by atoms with van der Waals surface area (Å²) in [5.74, 6) is 1.70. The summed E-state index contributed by atoms with van der Waals surface area (Å²) in [6, 6.07) is 10.3. The highest BCUT2D eigenvalue weighted by Crippen LogP contribution is 2.41. The second-order valence-electron chi connectivity index (χ2n) is 8.70. The molecular weight excluding hydrogens is 428 g/mol. The number of hydrazone groups is 1. The fourth-order valence-corrected chi connectivity index (χ4v) is 3.96. The number of hydrogen-bond donors (Lipinski definition) is 0. The van der Waals surface area contributed by atoms with Gasteiger partial charge in [-0.3, -0.25) is 5.01 Å². The number of morpholine rings is 1. The lowest BCUT2D eigenvalue weighted by Gasteiger charge is -2.31. The molecule has 0 radical (unpaired) electrons. The highest BCUT2D eigenvalue weighted by atomic mass is 16.5. The Morgan fingerprint density at radius 3 is 2.38 bits per heavy atom. The predicted molar refractivity (Wildman–Crippen MR) is 139 cm³/mol. The summed E-state index contributed by atoms with van der Waals surface area (Å²) in [5, 5.41) is 6.81. The monoisotopic (exact) mass is 469 g/mol. The van der Waals surface area contributed by atoms with E-state index in [9.17, 15) is 0 Å². The van der Waals surface area contributed by atoms with Gasteiger partial charge in [-0.1, -0.05) is 26.7 Å². The molecule has 1 saturated heterocycles. The fraction of sp³-hybridized carbons (Fsp3) is 0.556. The van der Waals surface area contributed by atoms with Crippen LogP contribution in [0.2, 0.25) is 0 Å². The largest absolute Gasteiger partial charge is 0.491 e. The maximum atomic E-state index is 6.29. The van der Waals surface area contributed by atoms with Crippen molar-refractivity contribution >= 4 is 17.1 Å². The lowest BCUT2D eigenvalue weighted by Crippen LogP contribution is -2.36. The van der Waals surface area contributed by atoms with Crippen LogP contribution in [0.4, 0.5) is 11.4 Å². The van der Waals surface area contributed by atoms with Crippen molar-refractivity contribution in [3.63, 3.8) is 0 Å².